The lowest BCUT2D eigenvalue weighted by molar-refractivity contribution is -0.143. The molecular weight excluding hydrogens is 208 g/mol. The van der Waals surface area contributed by atoms with E-state index in [2.05, 4.69) is 13.8 Å². The Bertz CT molecular complexity index is 123. The van der Waals surface area contributed by atoms with Crippen LogP contribution in [0.3, 0.4) is 0 Å². The first kappa shape index (κ1) is 17.8. The third-order valence-corrected chi connectivity index (χ3v) is 1.85. The molecule has 16 heavy (non-hydrogen) atoms. The van der Waals surface area contributed by atoms with Gasteiger partial charge in [-0.2, -0.15) is 0 Å². The maximum atomic E-state index is 11.0. The molecule has 98 valence electrons. The van der Waals surface area contributed by atoms with Crippen LogP contribution in [0.1, 0.15) is 52.4 Å². The first-order valence-electron chi connectivity index (χ1n) is 6.10. The molecule has 0 atom stereocenters. The van der Waals surface area contributed by atoms with Gasteiger partial charge in [0.25, 0.3) is 0 Å². The van der Waals surface area contributed by atoms with Crippen molar-refractivity contribution in [2.45, 2.75) is 52.4 Å². The predicted octanol–water partition coefficient (Wildman–Crippen LogP) is 1.88. The number of carbonyl (C=O) groups excluding carboxylic acids is 1. The summed E-state index contributed by atoms with van der Waals surface area (Å²) < 4.78 is 4.99. The molecule has 0 aliphatic rings. The fourth-order valence-electron chi connectivity index (χ4n) is 0.922. The maximum absolute atomic E-state index is 11.0. The average molecular weight is 234 g/mol. The Morgan fingerprint density at radius 1 is 1.00 bits per heavy atom. The van der Waals surface area contributed by atoms with Crippen molar-refractivity contribution in [2.24, 2.45) is 0 Å². The molecule has 0 saturated heterocycles. The molecule has 0 heterocycles. The van der Waals surface area contributed by atoms with E-state index in [1.165, 1.54) is 0 Å². The number of hydrogen-bond donors (Lipinski definition) is 2. The standard InChI is InChI=1S/C10H20O2.C2H6O2/c1-3-5-7-8-10(11)12-9-6-4-2;3-1-2-4/h3-9H2,1-2H3;3-4H,1-2H2. The van der Waals surface area contributed by atoms with Crippen molar-refractivity contribution in [2.75, 3.05) is 19.8 Å². The quantitative estimate of drug-likeness (QED) is 0.497. The zero-order chi connectivity index (χ0) is 12.6. The van der Waals surface area contributed by atoms with Gasteiger partial charge in [0, 0.05) is 6.42 Å². The van der Waals surface area contributed by atoms with Gasteiger partial charge >= 0.3 is 5.97 Å². The summed E-state index contributed by atoms with van der Waals surface area (Å²) in [7, 11) is 0. The molecule has 0 unspecified atom stereocenters. The molecule has 0 aromatic heterocycles. The fraction of sp³-hybridized carbons (Fsp3) is 0.917. The van der Waals surface area contributed by atoms with Crippen LogP contribution in [0.25, 0.3) is 0 Å². The van der Waals surface area contributed by atoms with E-state index >= 15 is 0 Å². The summed E-state index contributed by atoms with van der Waals surface area (Å²) in [6.07, 6.45) is 5.92. The minimum atomic E-state index is -0.125. The molecule has 2 N–H and O–H groups in total. The lowest BCUT2D eigenvalue weighted by Crippen LogP contribution is -2.05. The van der Waals surface area contributed by atoms with E-state index in [-0.39, 0.29) is 19.2 Å². The Hall–Kier alpha value is -0.610. The van der Waals surface area contributed by atoms with E-state index in [0.717, 1.165) is 32.1 Å². The summed E-state index contributed by atoms with van der Waals surface area (Å²) in [5.74, 6) is -0.0306. The van der Waals surface area contributed by atoms with Crippen molar-refractivity contribution < 1.29 is 19.7 Å². The van der Waals surface area contributed by atoms with Crippen molar-refractivity contribution in [3.8, 4) is 0 Å². The van der Waals surface area contributed by atoms with Crippen LogP contribution >= 0.6 is 0 Å². The summed E-state index contributed by atoms with van der Waals surface area (Å²) in [4.78, 5) is 11.0. The molecule has 0 saturated carbocycles. The van der Waals surface area contributed by atoms with Gasteiger partial charge in [0.15, 0.2) is 0 Å². The molecule has 0 rings (SSSR count). The van der Waals surface area contributed by atoms with Crippen molar-refractivity contribution >= 4 is 5.97 Å². The van der Waals surface area contributed by atoms with Gasteiger partial charge in [0.1, 0.15) is 0 Å². The van der Waals surface area contributed by atoms with Crippen LogP contribution in [0.5, 0.6) is 0 Å². The molecule has 0 aromatic rings. The first-order chi connectivity index (χ1) is 7.72. The van der Waals surface area contributed by atoms with Gasteiger partial charge < -0.3 is 14.9 Å². The second-order valence-electron chi connectivity index (χ2n) is 3.48. The van der Waals surface area contributed by atoms with E-state index < -0.39 is 0 Å². The molecule has 0 spiro atoms. The minimum Gasteiger partial charge on any atom is -0.466 e. The summed E-state index contributed by atoms with van der Waals surface area (Å²) in [6, 6.07) is 0. The zero-order valence-electron chi connectivity index (χ0n) is 10.6. The Kier molecular flexibility index (Phi) is 18.7. The molecule has 4 heteroatoms. The van der Waals surface area contributed by atoms with E-state index in [1.807, 2.05) is 0 Å². The number of rotatable bonds is 8. The van der Waals surface area contributed by atoms with Gasteiger partial charge in [-0.3, -0.25) is 4.79 Å². The normalized spacial score (nSPS) is 9.25. The van der Waals surface area contributed by atoms with Crippen molar-refractivity contribution in [1.29, 1.82) is 0 Å². The van der Waals surface area contributed by atoms with Gasteiger partial charge in [-0.05, 0) is 12.8 Å². The molecule has 4 nitrogen and oxygen atoms in total. The number of ether oxygens (including phenoxy) is 1. The van der Waals surface area contributed by atoms with Gasteiger partial charge in [-0.1, -0.05) is 33.1 Å². The van der Waals surface area contributed by atoms with Crippen molar-refractivity contribution in [3.05, 3.63) is 0 Å². The van der Waals surface area contributed by atoms with Crippen LogP contribution in [-0.2, 0) is 9.53 Å². The lowest BCUT2D eigenvalue weighted by Gasteiger charge is -2.02. The monoisotopic (exact) mass is 234 g/mol. The third-order valence-electron chi connectivity index (χ3n) is 1.85. The fourth-order valence-corrected chi connectivity index (χ4v) is 0.922. The van der Waals surface area contributed by atoms with E-state index in [9.17, 15) is 4.79 Å². The van der Waals surface area contributed by atoms with Crippen LogP contribution in [0.4, 0.5) is 0 Å². The Balaban J connectivity index is 0. The van der Waals surface area contributed by atoms with Crippen LogP contribution in [0.15, 0.2) is 0 Å². The number of unbranched alkanes of at least 4 members (excludes halogenated alkanes) is 3. The van der Waals surface area contributed by atoms with Gasteiger partial charge in [0.05, 0.1) is 19.8 Å². The highest BCUT2D eigenvalue weighted by Gasteiger charge is 2.00. The maximum Gasteiger partial charge on any atom is 0.305 e. The Morgan fingerprint density at radius 2 is 1.56 bits per heavy atom. The van der Waals surface area contributed by atoms with Crippen LogP contribution in [-0.4, -0.2) is 36.0 Å². The van der Waals surface area contributed by atoms with E-state index in [0.29, 0.717) is 13.0 Å². The highest BCUT2D eigenvalue weighted by molar-refractivity contribution is 5.69. The van der Waals surface area contributed by atoms with Gasteiger partial charge in [-0.25, -0.2) is 0 Å². The lowest BCUT2D eigenvalue weighted by atomic mass is 10.2. The molecule has 0 radical (unpaired) electrons. The zero-order valence-corrected chi connectivity index (χ0v) is 10.6. The van der Waals surface area contributed by atoms with Gasteiger partial charge in [0.2, 0.25) is 0 Å². The third kappa shape index (κ3) is 19.0. The van der Waals surface area contributed by atoms with E-state index in [1.54, 1.807) is 0 Å². The molecule has 0 aromatic carbocycles. The number of aliphatic hydroxyl groups excluding tert-OH is 2. The summed E-state index contributed by atoms with van der Waals surface area (Å²) in [6.45, 7) is 4.56. The van der Waals surface area contributed by atoms with Crippen LogP contribution in [0.2, 0.25) is 0 Å². The second-order valence-corrected chi connectivity index (χ2v) is 3.48. The largest absolute Gasteiger partial charge is 0.466 e. The summed E-state index contributed by atoms with van der Waals surface area (Å²) in [5.41, 5.74) is 0. The van der Waals surface area contributed by atoms with E-state index in [4.69, 9.17) is 14.9 Å². The Labute approximate surface area is 98.6 Å². The minimum absolute atomic E-state index is 0.0306. The molecular formula is C12H26O4. The topological polar surface area (TPSA) is 66.8 Å². The Morgan fingerprint density at radius 3 is 2.00 bits per heavy atom. The summed E-state index contributed by atoms with van der Waals surface area (Å²) >= 11 is 0. The highest BCUT2D eigenvalue weighted by atomic mass is 16.5. The smallest absolute Gasteiger partial charge is 0.305 e. The van der Waals surface area contributed by atoms with Crippen LogP contribution in [0, 0.1) is 0 Å². The van der Waals surface area contributed by atoms with Crippen molar-refractivity contribution in [3.63, 3.8) is 0 Å². The molecule has 0 fully saturated rings. The SMILES string of the molecule is CCCCCC(=O)OCCCC.OCCO. The van der Waals surface area contributed by atoms with Gasteiger partial charge in [-0.15, -0.1) is 0 Å². The molecule has 0 amide bonds. The molecule has 0 bridgehead atoms. The van der Waals surface area contributed by atoms with Crippen LogP contribution < -0.4 is 0 Å². The average Bonchev–Trinajstić information content (AvgIpc) is 2.30. The number of carbonyl (C=O) groups is 1. The number of esters is 1. The van der Waals surface area contributed by atoms with Crippen molar-refractivity contribution in [1.82, 2.24) is 0 Å². The number of hydrogen-bond acceptors (Lipinski definition) is 4. The summed E-state index contributed by atoms with van der Waals surface area (Å²) in [5, 5.41) is 15.2. The second kappa shape index (κ2) is 16.8. The number of aliphatic hydroxyl groups is 2. The highest BCUT2D eigenvalue weighted by Crippen LogP contribution is 2.00. The molecule has 0 aliphatic heterocycles. The molecule has 0 aliphatic carbocycles. The predicted molar refractivity (Wildman–Crippen MR) is 64.2 cm³/mol. The first-order valence-corrected chi connectivity index (χ1v) is 6.10.